The molecule has 29 heavy (non-hydrogen) atoms. The summed E-state index contributed by atoms with van der Waals surface area (Å²) in [4.78, 5) is 24.7. The Morgan fingerprint density at radius 2 is 2.00 bits per heavy atom. The second-order valence-corrected chi connectivity index (χ2v) is 8.81. The smallest absolute Gasteiger partial charge is 0.338 e. The van der Waals surface area contributed by atoms with Gasteiger partial charge in [-0.3, -0.25) is 9.10 Å². The summed E-state index contributed by atoms with van der Waals surface area (Å²) in [6.45, 7) is 1.46. The molecule has 0 unspecified atom stereocenters. The van der Waals surface area contributed by atoms with Gasteiger partial charge in [-0.1, -0.05) is 17.7 Å². The highest BCUT2D eigenvalue weighted by atomic mass is 35.5. The van der Waals surface area contributed by atoms with E-state index in [1.807, 2.05) is 0 Å². The van der Waals surface area contributed by atoms with Crippen molar-refractivity contribution in [3.63, 3.8) is 0 Å². The minimum absolute atomic E-state index is 0.215. The maximum atomic E-state index is 12.8. The predicted molar refractivity (Wildman–Crippen MR) is 109 cm³/mol. The van der Waals surface area contributed by atoms with E-state index >= 15 is 0 Å². The van der Waals surface area contributed by atoms with Gasteiger partial charge in [-0.2, -0.15) is 0 Å². The Bertz CT molecular complexity index is 1090. The van der Waals surface area contributed by atoms with Gasteiger partial charge >= 0.3 is 5.97 Å². The molecule has 2 aromatic carbocycles. The third-order valence-electron chi connectivity index (χ3n) is 4.48. The van der Waals surface area contributed by atoms with Crippen LogP contribution in [0.5, 0.6) is 5.75 Å². The van der Waals surface area contributed by atoms with E-state index in [0.717, 1.165) is 10.6 Å². The second kappa shape index (κ2) is 7.92. The molecule has 0 aromatic heterocycles. The number of nitrogens with one attached hydrogen (secondary N) is 1. The van der Waals surface area contributed by atoms with E-state index in [-0.39, 0.29) is 18.0 Å². The number of amides is 1. The predicted octanol–water partition coefficient (Wildman–Crippen LogP) is 2.60. The zero-order valence-electron chi connectivity index (χ0n) is 15.9. The van der Waals surface area contributed by atoms with Crippen molar-refractivity contribution >= 4 is 44.9 Å². The Hall–Kier alpha value is -2.78. The Morgan fingerprint density at radius 1 is 1.28 bits per heavy atom. The SMILES string of the molecule is COC(=O)c1cccc(NC(=O)[C@H]2CN(S(C)(=O)=O)c3cc(Cl)ccc3O2)c1C. The van der Waals surface area contributed by atoms with Gasteiger partial charge in [0.15, 0.2) is 6.10 Å². The standard InChI is InChI=1S/C19H19ClN2O6S/c1-11-13(19(24)27-2)5-4-6-14(11)21-18(23)17-10-22(29(3,25)26)15-9-12(20)7-8-16(15)28-17/h4-9,17H,10H2,1-3H3,(H,21,23)/t17-/m1/s1. The lowest BCUT2D eigenvalue weighted by Crippen LogP contribution is -2.48. The molecule has 2 aromatic rings. The number of carbonyl (C=O) groups excluding carboxylic acids is 2. The highest BCUT2D eigenvalue weighted by Gasteiger charge is 2.35. The van der Waals surface area contributed by atoms with Crippen molar-refractivity contribution in [2.75, 3.05) is 29.5 Å². The van der Waals surface area contributed by atoms with Crippen LogP contribution in [0.3, 0.4) is 0 Å². The zero-order chi connectivity index (χ0) is 21.3. The Morgan fingerprint density at radius 3 is 2.66 bits per heavy atom. The molecule has 0 radical (unpaired) electrons. The van der Waals surface area contributed by atoms with E-state index in [1.165, 1.54) is 19.2 Å². The third kappa shape index (κ3) is 4.30. The van der Waals surface area contributed by atoms with Crippen LogP contribution < -0.4 is 14.4 Å². The van der Waals surface area contributed by atoms with Crippen molar-refractivity contribution in [2.24, 2.45) is 0 Å². The monoisotopic (exact) mass is 438 g/mol. The first-order valence-corrected chi connectivity index (χ1v) is 10.8. The highest BCUT2D eigenvalue weighted by Crippen LogP contribution is 2.37. The molecule has 1 heterocycles. The van der Waals surface area contributed by atoms with Crippen molar-refractivity contribution in [3.8, 4) is 5.75 Å². The Labute approximate surface area is 173 Å². The number of sulfonamides is 1. The van der Waals surface area contributed by atoms with Crippen LogP contribution in [0, 0.1) is 6.92 Å². The van der Waals surface area contributed by atoms with Crippen LogP contribution in [-0.4, -0.2) is 46.3 Å². The molecule has 154 valence electrons. The van der Waals surface area contributed by atoms with Crippen LogP contribution in [0.25, 0.3) is 0 Å². The number of hydrogen-bond acceptors (Lipinski definition) is 6. The van der Waals surface area contributed by atoms with Crippen LogP contribution in [0.2, 0.25) is 5.02 Å². The molecule has 1 aliphatic rings. The number of ether oxygens (including phenoxy) is 2. The van der Waals surface area contributed by atoms with Crippen LogP contribution in [0.15, 0.2) is 36.4 Å². The van der Waals surface area contributed by atoms with Crippen molar-refractivity contribution in [3.05, 3.63) is 52.5 Å². The van der Waals surface area contributed by atoms with Crippen molar-refractivity contribution in [2.45, 2.75) is 13.0 Å². The molecular weight excluding hydrogens is 420 g/mol. The van der Waals surface area contributed by atoms with Gasteiger partial charge in [0.2, 0.25) is 10.0 Å². The first-order chi connectivity index (χ1) is 13.6. The normalized spacial score (nSPS) is 15.9. The average molecular weight is 439 g/mol. The number of esters is 1. The maximum Gasteiger partial charge on any atom is 0.338 e. The second-order valence-electron chi connectivity index (χ2n) is 6.47. The zero-order valence-corrected chi connectivity index (χ0v) is 17.5. The lowest BCUT2D eigenvalue weighted by molar-refractivity contribution is -0.122. The van der Waals surface area contributed by atoms with Gasteiger partial charge in [-0.05, 0) is 42.8 Å². The fraction of sp³-hybridized carbons (Fsp3) is 0.263. The molecule has 1 amide bonds. The quantitative estimate of drug-likeness (QED) is 0.736. The number of carbonyl (C=O) groups is 2. The average Bonchev–Trinajstić information content (AvgIpc) is 2.67. The van der Waals surface area contributed by atoms with Gasteiger partial charge < -0.3 is 14.8 Å². The summed E-state index contributed by atoms with van der Waals surface area (Å²) in [7, 11) is -2.40. The Kier molecular flexibility index (Phi) is 5.72. The lowest BCUT2D eigenvalue weighted by atomic mass is 10.1. The fourth-order valence-electron chi connectivity index (χ4n) is 2.99. The summed E-state index contributed by atoms with van der Waals surface area (Å²) in [5, 5.41) is 3.04. The first kappa shape index (κ1) is 20.9. The maximum absolute atomic E-state index is 12.8. The third-order valence-corrected chi connectivity index (χ3v) is 5.86. The highest BCUT2D eigenvalue weighted by molar-refractivity contribution is 7.92. The molecule has 3 rings (SSSR count). The van der Waals surface area contributed by atoms with Gasteiger partial charge in [0.25, 0.3) is 5.91 Å². The summed E-state index contributed by atoms with van der Waals surface area (Å²) in [5.74, 6) is -0.850. The minimum Gasteiger partial charge on any atom is -0.476 e. The van der Waals surface area contributed by atoms with Crippen LogP contribution in [0.4, 0.5) is 11.4 Å². The van der Waals surface area contributed by atoms with E-state index in [2.05, 4.69) is 5.32 Å². The van der Waals surface area contributed by atoms with E-state index in [1.54, 1.807) is 31.2 Å². The minimum atomic E-state index is -3.67. The molecule has 0 aliphatic carbocycles. The molecule has 8 nitrogen and oxygen atoms in total. The molecule has 1 N–H and O–H groups in total. The van der Waals surface area contributed by atoms with Crippen LogP contribution in [-0.2, 0) is 19.6 Å². The molecular formula is C19H19ClN2O6S. The van der Waals surface area contributed by atoms with E-state index in [4.69, 9.17) is 21.1 Å². The Balaban J connectivity index is 1.89. The van der Waals surface area contributed by atoms with Crippen molar-refractivity contribution in [1.29, 1.82) is 0 Å². The number of rotatable bonds is 4. The summed E-state index contributed by atoms with van der Waals surface area (Å²) >= 11 is 5.97. The molecule has 10 heteroatoms. The molecule has 0 saturated carbocycles. The number of fused-ring (bicyclic) bond motifs is 1. The number of halogens is 1. The first-order valence-electron chi connectivity index (χ1n) is 8.54. The van der Waals surface area contributed by atoms with Gasteiger partial charge in [-0.15, -0.1) is 0 Å². The van der Waals surface area contributed by atoms with Crippen molar-refractivity contribution in [1.82, 2.24) is 0 Å². The largest absolute Gasteiger partial charge is 0.476 e. The number of benzene rings is 2. The van der Waals surface area contributed by atoms with Gasteiger partial charge in [-0.25, -0.2) is 13.2 Å². The molecule has 0 fully saturated rings. The summed E-state index contributed by atoms with van der Waals surface area (Å²) in [6, 6.07) is 9.35. The fourth-order valence-corrected chi connectivity index (χ4v) is 4.06. The number of nitrogens with zero attached hydrogens (tertiary/aromatic N) is 1. The molecule has 0 saturated heterocycles. The molecule has 1 aliphatic heterocycles. The van der Waals surface area contributed by atoms with Gasteiger partial charge in [0, 0.05) is 10.7 Å². The number of anilines is 2. The molecule has 1 atom stereocenters. The molecule has 0 spiro atoms. The lowest BCUT2D eigenvalue weighted by Gasteiger charge is -2.34. The summed E-state index contributed by atoms with van der Waals surface area (Å²) in [5.41, 5.74) is 1.51. The van der Waals surface area contributed by atoms with Gasteiger partial charge in [0.05, 0.1) is 31.2 Å². The van der Waals surface area contributed by atoms with E-state index in [0.29, 0.717) is 21.8 Å². The van der Waals surface area contributed by atoms with E-state index < -0.39 is 28.0 Å². The topological polar surface area (TPSA) is 102 Å². The summed E-state index contributed by atoms with van der Waals surface area (Å²) in [6.07, 6.45) is -0.0540. The number of hydrogen-bond donors (Lipinski definition) is 1. The number of methoxy groups -OCH3 is 1. The van der Waals surface area contributed by atoms with Crippen molar-refractivity contribution < 1.29 is 27.5 Å². The summed E-state index contributed by atoms with van der Waals surface area (Å²) < 4.78 is 36.0. The molecule has 0 bridgehead atoms. The van der Waals surface area contributed by atoms with Crippen LogP contribution in [0.1, 0.15) is 15.9 Å². The van der Waals surface area contributed by atoms with Gasteiger partial charge in [0.1, 0.15) is 5.75 Å². The van der Waals surface area contributed by atoms with E-state index in [9.17, 15) is 18.0 Å². The van der Waals surface area contributed by atoms with Crippen LogP contribution >= 0.6 is 11.6 Å².